The molecule has 0 radical (unpaired) electrons. The van der Waals surface area contributed by atoms with E-state index in [1.54, 1.807) is 0 Å². The lowest BCUT2D eigenvalue weighted by molar-refractivity contribution is -0.152. The summed E-state index contributed by atoms with van der Waals surface area (Å²) < 4.78 is 19.8. The fourth-order valence-electron chi connectivity index (χ4n) is 2.75. The number of esters is 1. The van der Waals surface area contributed by atoms with E-state index in [0.717, 1.165) is 6.42 Å². The number of methoxy groups -OCH3 is 1. The number of hydrogen-bond acceptors (Lipinski definition) is 4. The summed E-state index contributed by atoms with van der Waals surface area (Å²) in [5, 5.41) is 0.159. The Morgan fingerprint density at radius 2 is 1.96 bits per heavy atom. The van der Waals surface area contributed by atoms with E-state index in [1.807, 2.05) is 0 Å². The van der Waals surface area contributed by atoms with Crippen molar-refractivity contribution in [2.24, 2.45) is 5.92 Å². The highest BCUT2D eigenvalue weighted by Crippen LogP contribution is 2.41. The second-order valence-electron chi connectivity index (χ2n) is 8.32. The summed E-state index contributed by atoms with van der Waals surface area (Å²) in [7, 11) is -0.458. The summed E-state index contributed by atoms with van der Waals surface area (Å²) >= 11 is 2.25. The predicted octanol–water partition coefficient (Wildman–Crippen LogP) is 5.07. The third-order valence-electron chi connectivity index (χ3n) is 5.39. The Labute approximate surface area is 162 Å². The molecular weight excluding hydrogens is 435 g/mol. The van der Waals surface area contributed by atoms with Crippen molar-refractivity contribution in [3.63, 3.8) is 0 Å². The van der Waals surface area contributed by atoms with E-state index in [-0.39, 0.29) is 41.7 Å². The Morgan fingerprint density at radius 3 is 2.42 bits per heavy atom. The largest absolute Gasteiger partial charge is 0.469 e. The van der Waals surface area contributed by atoms with Gasteiger partial charge in [0, 0.05) is 5.92 Å². The maximum absolute atomic E-state index is 11.7. The van der Waals surface area contributed by atoms with Crippen LogP contribution in [0.25, 0.3) is 0 Å². The molecule has 0 unspecified atom stereocenters. The van der Waals surface area contributed by atoms with Crippen molar-refractivity contribution in [1.82, 2.24) is 0 Å². The van der Waals surface area contributed by atoms with Gasteiger partial charge in [0.25, 0.3) is 0 Å². The second-order valence-corrected chi connectivity index (χ2v) is 13.7. The molecule has 6 heteroatoms. The highest BCUT2D eigenvalue weighted by molar-refractivity contribution is 14.1. The van der Waals surface area contributed by atoms with Gasteiger partial charge >= 0.3 is 5.97 Å². The standard InChI is InChI=1S/C18H33IO4Si/c1-12(11-19)17-13(2)15(23-24(7,8)18(3,4)5)9-14(22-17)10-16(20)21-6/h11,13-15,17H,9-10H2,1-8H3/b12-11+/t13-,14+,15+,17+/m0/s1. The quantitative estimate of drug-likeness (QED) is 0.321. The van der Waals surface area contributed by atoms with E-state index in [1.165, 1.54) is 12.7 Å². The Hall–Kier alpha value is 0.0769. The third kappa shape index (κ3) is 5.54. The van der Waals surface area contributed by atoms with E-state index in [4.69, 9.17) is 13.9 Å². The first-order valence-corrected chi connectivity index (χ1v) is 12.7. The van der Waals surface area contributed by atoms with Gasteiger partial charge in [0.05, 0.1) is 31.8 Å². The van der Waals surface area contributed by atoms with E-state index in [0.29, 0.717) is 0 Å². The molecule has 0 saturated carbocycles. The molecule has 0 aromatic heterocycles. The highest BCUT2D eigenvalue weighted by Gasteiger charge is 2.44. The van der Waals surface area contributed by atoms with Crippen molar-refractivity contribution in [2.45, 2.75) is 83.9 Å². The van der Waals surface area contributed by atoms with E-state index < -0.39 is 8.32 Å². The maximum atomic E-state index is 11.7. The van der Waals surface area contributed by atoms with Crippen LogP contribution in [0.2, 0.25) is 18.1 Å². The molecule has 0 aromatic carbocycles. The highest BCUT2D eigenvalue weighted by atomic mass is 127. The summed E-state index contributed by atoms with van der Waals surface area (Å²) in [6.45, 7) is 15.6. The summed E-state index contributed by atoms with van der Waals surface area (Å²) in [5.41, 5.74) is 1.18. The Bertz CT molecular complexity index is 470. The Morgan fingerprint density at radius 1 is 1.38 bits per heavy atom. The first-order chi connectivity index (χ1) is 10.9. The van der Waals surface area contributed by atoms with E-state index >= 15 is 0 Å². The fraction of sp³-hybridized carbons (Fsp3) is 0.833. The number of carbonyl (C=O) groups is 1. The van der Waals surface area contributed by atoms with Gasteiger partial charge in [-0.2, -0.15) is 0 Å². The van der Waals surface area contributed by atoms with Gasteiger partial charge in [-0.3, -0.25) is 4.79 Å². The number of carbonyl (C=O) groups excluding carboxylic acids is 1. The van der Waals surface area contributed by atoms with Gasteiger partial charge in [0.2, 0.25) is 0 Å². The molecular formula is C18H33IO4Si. The van der Waals surface area contributed by atoms with Crippen molar-refractivity contribution in [3.8, 4) is 0 Å². The first kappa shape index (κ1) is 22.1. The van der Waals surface area contributed by atoms with Crippen LogP contribution in [0.1, 0.15) is 47.5 Å². The molecule has 4 atom stereocenters. The normalized spacial score (nSPS) is 29.5. The van der Waals surface area contributed by atoms with Crippen LogP contribution in [0, 0.1) is 5.92 Å². The lowest BCUT2D eigenvalue weighted by Gasteiger charge is -2.46. The zero-order valence-electron chi connectivity index (χ0n) is 16.3. The third-order valence-corrected chi connectivity index (χ3v) is 10.9. The number of hydrogen-bond donors (Lipinski definition) is 0. The maximum Gasteiger partial charge on any atom is 0.308 e. The molecule has 1 aliphatic heterocycles. The minimum absolute atomic E-state index is 0.0138. The van der Waals surface area contributed by atoms with Crippen molar-refractivity contribution in [1.29, 1.82) is 0 Å². The average molecular weight is 468 g/mol. The molecule has 1 heterocycles. The minimum Gasteiger partial charge on any atom is -0.469 e. The minimum atomic E-state index is -1.88. The molecule has 1 fully saturated rings. The first-order valence-electron chi connectivity index (χ1n) is 8.60. The van der Waals surface area contributed by atoms with Gasteiger partial charge < -0.3 is 13.9 Å². The van der Waals surface area contributed by atoms with Gasteiger partial charge in [0.15, 0.2) is 8.32 Å². The monoisotopic (exact) mass is 468 g/mol. The van der Waals surface area contributed by atoms with Gasteiger partial charge in [0.1, 0.15) is 0 Å². The summed E-state index contributed by atoms with van der Waals surface area (Å²) in [4.78, 5) is 11.7. The Balaban J connectivity index is 3.01. The van der Waals surface area contributed by atoms with Crippen LogP contribution in [0.5, 0.6) is 0 Å². The van der Waals surface area contributed by atoms with Crippen LogP contribution < -0.4 is 0 Å². The van der Waals surface area contributed by atoms with Crippen molar-refractivity contribution in [2.75, 3.05) is 7.11 Å². The molecule has 1 rings (SSSR count). The zero-order chi connectivity index (χ0) is 18.7. The number of halogens is 1. The topological polar surface area (TPSA) is 44.8 Å². The van der Waals surface area contributed by atoms with Crippen LogP contribution in [-0.4, -0.2) is 39.7 Å². The molecule has 0 spiro atoms. The fourth-order valence-corrected chi connectivity index (χ4v) is 4.53. The number of rotatable bonds is 5. The van der Waals surface area contributed by atoms with Gasteiger partial charge in [-0.15, -0.1) is 0 Å². The van der Waals surface area contributed by atoms with Crippen molar-refractivity contribution in [3.05, 3.63) is 9.66 Å². The lowest BCUT2D eigenvalue weighted by Crippen LogP contribution is -2.52. The average Bonchev–Trinajstić information content (AvgIpc) is 2.47. The van der Waals surface area contributed by atoms with Crippen LogP contribution in [-0.2, 0) is 18.7 Å². The van der Waals surface area contributed by atoms with Crippen LogP contribution in [0.15, 0.2) is 9.66 Å². The molecule has 4 nitrogen and oxygen atoms in total. The molecule has 0 bridgehead atoms. The van der Waals surface area contributed by atoms with Crippen LogP contribution in [0.4, 0.5) is 0 Å². The zero-order valence-corrected chi connectivity index (χ0v) is 19.5. The molecule has 1 aliphatic rings. The molecule has 140 valence electrons. The second kappa shape index (κ2) is 8.64. The SMILES string of the molecule is COC(=O)C[C@H]1C[C@@H](O[Si](C)(C)C(C)(C)C)[C@H](C)[C@@H](/C(C)=C/I)O1. The number of ether oxygens (including phenoxy) is 2. The lowest BCUT2D eigenvalue weighted by atomic mass is 9.86. The molecule has 0 aromatic rings. The van der Waals surface area contributed by atoms with Crippen LogP contribution >= 0.6 is 22.6 Å². The molecule has 1 saturated heterocycles. The van der Waals surface area contributed by atoms with Gasteiger partial charge in [-0.05, 0) is 41.1 Å². The molecule has 24 heavy (non-hydrogen) atoms. The molecule has 0 N–H and O–H groups in total. The smallest absolute Gasteiger partial charge is 0.308 e. The summed E-state index contributed by atoms with van der Waals surface area (Å²) in [6.07, 6.45) is 0.963. The van der Waals surface area contributed by atoms with E-state index in [2.05, 4.69) is 74.4 Å². The van der Waals surface area contributed by atoms with Gasteiger partial charge in [-0.25, -0.2) is 0 Å². The van der Waals surface area contributed by atoms with Crippen LogP contribution in [0.3, 0.4) is 0 Å². The molecule has 0 aliphatic carbocycles. The van der Waals surface area contributed by atoms with Crippen molar-refractivity contribution < 1.29 is 18.7 Å². The predicted molar refractivity (Wildman–Crippen MR) is 109 cm³/mol. The summed E-state index contributed by atoms with van der Waals surface area (Å²) in [6, 6.07) is 0. The Kier molecular flexibility index (Phi) is 7.96. The summed E-state index contributed by atoms with van der Waals surface area (Å²) in [5.74, 6) is 0.0366. The van der Waals surface area contributed by atoms with E-state index in [9.17, 15) is 4.79 Å². The molecule has 0 amide bonds. The van der Waals surface area contributed by atoms with Crippen molar-refractivity contribution >= 4 is 36.9 Å². The van der Waals surface area contributed by atoms with Gasteiger partial charge in [-0.1, -0.05) is 50.3 Å².